The number of allylic oxidation sites excluding steroid dienone is 2. The Hall–Kier alpha value is -2.16. The van der Waals surface area contributed by atoms with Gasteiger partial charge in [-0.15, -0.1) is 0 Å². The average Bonchev–Trinajstić information content (AvgIpc) is 3.29. The van der Waals surface area contributed by atoms with Crippen LogP contribution in [-0.2, 0) is 6.42 Å². The molecule has 0 amide bonds. The Kier molecular flexibility index (Phi) is 8.88. The van der Waals surface area contributed by atoms with E-state index in [2.05, 4.69) is 74.2 Å². The van der Waals surface area contributed by atoms with Crippen LogP contribution < -0.4 is 5.32 Å². The molecular formula is C26H39N3. The summed E-state index contributed by atoms with van der Waals surface area (Å²) in [4.78, 5) is 9.08. The van der Waals surface area contributed by atoms with Gasteiger partial charge in [-0.05, 0) is 49.8 Å². The van der Waals surface area contributed by atoms with Crippen LogP contribution in [0.5, 0.6) is 0 Å². The predicted octanol–water partition coefficient (Wildman–Crippen LogP) is 7.28. The average molecular weight is 394 g/mol. The van der Waals surface area contributed by atoms with Crippen molar-refractivity contribution in [3.05, 3.63) is 58.6 Å². The smallest absolute Gasteiger partial charge is 0.137 e. The fourth-order valence-electron chi connectivity index (χ4n) is 4.24. The number of nitrogens with zero attached hydrogens (tertiary/aromatic N) is 2. The number of hydrogen-bond donors (Lipinski definition) is 1. The van der Waals surface area contributed by atoms with E-state index >= 15 is 0 Å². The second-order valence-corrected chi connectivity index (χ2v) is 7.87. The van der Waals surface area contributed by atoms with Crippen LogP contribution >= 0.6 is 0 Å². The molecule has 0 saturated carbocycles. The molecule has 3 heteroatoms. The highest BCUT2D eigenvalue weighted by Gasteiger charge is 2.26. The van der Waals surface area contributed by atoms with Crippen molar-refractivity contribution in [2.24, 2.45) is 0 Å². The summed E-state index contributed by atoms with van der Waals surface area (Å²) < 4.78 is 0. The summed E-state index contributed by atoms with van der Waals surface area (Å²) in [6.45, 7) is 15.8. The van der Waals surface area contributed by atoms with Crippen LogP contribution in [0.3, 0.4) is 0 Å². The topological polar surface area (TPSA) is 37.8 Å². The minimum atomic E-state index is 0.443. The molecule has 2 atom stereocenters. The fourth-order valence-corrected chi connectivity index (χ4v) is 4.24. The lowest BCUT2D eigenvalue weighted by Gasteiger charge is -2.16. The van der Waals surface area contributed by atoms with Gasteiger partial charge in [0.05, 0.1) is 5.69 Å². The molecule has 0 bridgehead atoms. The maximum atomic E-state index is 4.54. The zero-order valence-electron chi connectivity index (χ0n) is 19.5. The van der Waals surface area contributed by atoms with Gasteiger partial charge in [-0.25, -0.2) is 9.97 Å². The van der Waals surface area contributed by atoms with Crippen molar-refractivity contribution in [3.8, 4) is 0 Å². The summed E-state index contributed by atoms with van der Waals surface area (Å²) in [7, 11) is 0. The molecule has 2 aromatic rings. The van der Waals surface area contributed by atoms with Gasteiger partial charge in [0.1, 0.15) is 12.1 Å². The summed E-state index contributed by atoms with van der Waals surface area (Å²) in [5.74, 6) is 2.03. The zero-order chi connectivity index (χ0) is 21.4. The molecule has 1 aromatic heterocycles. The third kappa shape index (κ3) is 5.26. The summed E-state index contributed by atoms with van der Waals surface area (Å²) >= 11 is 0. The maximum absolute atomic E-state index is 4.54. The Bertz CT molecular complexity index is 823. The van der Waals surface area contributed by atoms with Crippen LogP contribution in [0, 0.1) is 6.92 Å². The van der Waals surface area contributed by atoms with Crippen molar-refractivity contribution in [1.29, 1.82) is 0 Å². The molecule has 2 unspecified atom stereocenters. The van der Waals surface area contributed by atoms with Crippen molar-refractivity contribution in [3.63, 3.8) is 0 Å². The van der Waals surface area contributed by atoms with Crippen LogP contribution in [-0.4, -0.2) is 16.5 Å². The van der Waals surface area contributed by atoms with Gasteiger partial charge in [0, 0.05) is 23.9 Å². The van der Waals surface area contributed by atoms with E-state index in [0.717, 1.165) is 18.8 Å². The monoisotopic (exact) mass is 393 g/mol. The van der Waals surface area contributed by atoms with Crippen LogP contribution in [0.1, 0.15) is 101 Å². The van der Waals surface area contributed by atoms with Gasteiger partial charge < -0.3 is 5.32 Å². The zero-order valence-corrected chi connectivity index (χ0v) is 19.5. The van der Waals surface area contributed by atoms with Crippen molar-refractivity contribution >= 4 is 11.4 Å². The molecule has 3 nitrogen and oxygen atoms in total. The van der Waals surface area contributed by atoms with Gasteiger partial charge in [-0.2, -0.15) is 0 Å². The first kappa shape index (κ1) is 23.1. The van der Waals surface area contributed by atoms with Crippen LogP contribution in [0.25, 0.3) is 5.57 Å². The standard InChI is InChI=1S/C21H25N3.C3H8.C2H6/c1-4-15-10-14(3)19-20(15)23-12-24-21(19)22-11-17-7-6-16-9-13(2)5-8-18(16)17;1-3-2;1-2/h5,8-10,12,15,17H,4,6-7,11H2,1-3H3,(H,22,23,24);3H2,1-2H3;1-2H3. The first-order valence-electron chi connectivity index (χ1n) is 11.5. The third-order valence-corrected chi connectivity index (χ3v) is 5.53. The molecule has 0 spiro atoms. The number of fused-ring (bicyclic) bond motifs is 2. The summed E-state index contributed by atoms with van der Waals surface area (Å²) in [6.07, 6.45) is 8.81. The Morgan fingerprint density at radius 2 is 1.79 bits per heavy atom. The molecule has 158 valence electrons. The van der Waals surface area contributed by atoms with E-state index in [1.54, 1.807) is 6.33 Å². The second kappa shape index (κ2) is 11.1. The number of aromatic nitrogens is 2. The first-order chi connectivity index (χ1) is 14.1. The molecule has 0 aliphatic heterocycles. The van der Waals surface area contributed by atoms with E-state index < -0.39 is 0 Å². The molecule has 1 aromatic carbocycles. The number of rotatable bonds is 4. The summed E-state index contributed by atoms with van der Waals surface area (Å²) in [5, 5.41) is 3.63. The molecule has 2 aliphatic carbocycles. The molecule has 2 aliphatic rings. The van der Waals surface area contributed by atoms with Crippen LogP contribution in [0.15, 0.2) is 30.6 Å². The quantitative estimate of drug-likeness (QED) is 0.593. The highest BCUT2D eigenvalue weighted by Crippen LogP contribution is 2.40. The van der Waals surface area contributed by atoms with E-state index in [1.165, 1.54) is 52.8 Å². The molecule has 1 N–H and O–H groups in total. The molecule has 1 heterocycles. The number of hydrogen-bond acceptors (Lipinski definition) is 3. The molecule has 0 fully saturated rings. The Balaban J connectivity index is 0.000000551. The normalized spacial score (nSPS) is 18.5. The van der Waals surface area contributed by atoms with Crippen molar-refractivity contribution in [2.45, 2.75) is 86.0 Å². The largest absolute Gasteiger partial charge is 0.369 e. The lowest BCUT2D eigenvalue weighted by Crippen LogP contribution is -2.13. The van der Waals surface area contributed by atoms with Crippen molar-refractivity contribution in [2.75, 3.05) is 11.9 Å². The molecule has 0 radical (unpaired) electrons. The Morgan fingerprint density at radius 1 is 1.07 bits per heavy atom. The Morgan fingerprint density at radius 3 is 2.48 bits per heavy atom. The predicted molar refractivity (Wildman–Crippen MR) is 127 cm³/mol. The van der Waals surface area contributed by atoms with E-state index in [4.69, 9.17) is 0 Å². The molecule has 4 rings (SSSR count). The van der Waals surface area contributed by atoms with Crippen molar-refractivity contribution < 1.29 is 0 Å². The van der Waals surface area contributed by atoms with Gasteiger partial charge >= 0.3 is 0 Å². The van der Waals surface area contributed by atoms with E-state index in [9.17, 15) is 0 Å². The highest BCUT2D eigenvalue weighted by molar-refractivity contribution is 5.79. The van der Waals surface area contributed by atoms with E-state index in [-0.39, 0.29) is 0 Å². The lowest BCUT2D eigenvalue weighted by atomic mass is 10.00. The number of anilines is 1. The minimum Gasteiger partial charge on any atom is -0.369 e. The number of aryl methyl sites for hydroxylation is 2. The molecule has 0 saturated heterocycles. The highest BCUT2D eigenvalue weighted by atomic mass is 15.0. The van der Waals surface area contributed by atoms with Gasteiger partial charge in [0.15, 0.2) is 0 Å². The van der Waals surface area contributed by atoms with Gasteiger partial charge in [-0.1, -0.05) is 70.9 Å². The first-order valence-corrected chi connectivity index (χ1v) is 11.5. The summed E-state index contributed by atoms with van der Waals surface area (Å²) in [5.41, 5.74) is 8.13. The minimum absolute atomic E-state index is 0.443. The van der Waals surface area contributed by atoms with E-state index in [1.807, 2.05) is 13.8 Å². The van der Waals surface area contributed by atoms with Crippen LogP contribution in [0.4, 0.5) is 5.82 Å². The van der Waals surface area contributed by atoms with Crippen LogP contribution in [0.2, 0.25) is 0 Å². The van der Waals surface area contributed by atoms with Gasteiger partial charge in [-0.3, -0.25) is 0 Å². The number of benzene rings is 1. The fraction of sp³-hybridized carbons (Fsp3) is 0.538. The summed E-state index contributed by atoms with van der Waals surface area (Å²) in [6, 6.07) is 6.89. The SMILES string of the molecule is CC.CCC.CCC1C=C(C)c2c(NCC3CCc4cc(C)ccc43)ncnc21. The molecular weight excluding hydrogens is 354 g/mol. The third-order valence-electron chi connectivity index (χ3n) is 5.53. The van der Waals surface area contributed by atoms with Gasteiger partial charge in [0.25, 0.3) is 0 Å². The number of nitrogens with one attached hydrogen (secondary N) is 1. The maximum Gasteiger partial charge on any atom is 0.137 e. The van der Waals surface area contributed by atoms with E-state index in [0.29, 0.717) is 11.8 Å². The Labute approximate surface area is 178 Å². The molecule has 29 heavy (non-hydrogen) atoms. The van der Waals surface area contributed by atoms with Gasteiger partial charge in [0.2, 0.25) is 0 Å². The van der Waals surface area contributed by atoms with Crippen molar-refractivity contribution in [1.82, 2.24) is 9.97 Å². The lowest BCUT2D eigenvalue weighted by molar-refractivity contribution is 0.706. The second-order valence-electron chi connectivity index (χ2n) is 7.87.